The third-order valence-corrected chi connectivity index (χ3v) is 6.48. The Labute approximate surface area is 193 Å². The third kappa shape index (κ3) is 5.33. The van der Waals surface area contributed by atoms with Crippen molar-refractivity contribution in [2.75, 3.05) is 29.5 Å². The molecule has 1 fully saturated rings. The summed E-state index contributed by atoms with van der Waals surface area (Å²) in [6.07, 6.45) is -1.52. The second kappa shape index (κ2) is 9.87. The Balaban J connectivity index is 1.58. The number of benzene rings is 1. The van der Waals surface area contributed by atoms with Gasteiger partial charge in [0.2, 0.25) is 5.89 Å². The van der Waals surface area contributed by atoms with Crippen molar-refractivity contribution in [2.45, 2.75) is 13.0 Å². The number of hydrogen-bond donors (Lipinski definition) is 0. The molecule has 0 spiro atoms. The van der Waals surface area contributed by atoms with Crippen LogP contribution in [0.1, 0.15) is 18.0 Å². The zero-order chi connectivity index (χ0) is 23.5. The van der Waals surface area contributed by atoms with Gasteiger partial charge in [-0.05, 0) is 30.3 Å². The van der Waals surface area contributed by atoms with E-state index < -0.39 is 28.9 Å². The number of hydrogen-bond acceptors (Lipinski definition) is 6. The van der Waals surface area contributed by atoms with Crippen molar-refractivity contribution in [1.82, 2.24) is 20.1 Å². The van der Waals surface area contributed by atoms with E-state index in [-0.39, 0.29) is 23.5 Å². The van der Waals surface area contributed by atoms with Crippen LogP contribution in [0.5, 0.6) is 0 Å². The van der Waals surface area contributed by atoms with Crippen molar-refractivity contribution >= 4 is 34.1 Å². The molecule has 174 valence electrons. The Morgan fingerprint density at radius 2 is 1.97 bits per heavy atom. The first kappa shape index (κ1) is 23.2. The van der Waals surface area contributed by atoms with E-state index in [1.54, 1.807) is 17.0 Å². The van der Waals surface area contributed by atoms with Crippen molar-refractivity contribution in [3.63, 3.8) is 0 Å². The molecule has 1 aromatic carbocycles. The highest BCUT2D eigenvalue weighted by Gasteiger charge is 2.27. The zero-order valence-corrected chi connectivity index (χ0v) is 18.5. The molecule has 3 heterocycles. The smallest absolute Gasteiger partial charge is 0.324 e. The predicted octanol–water partition coefficient (Wildman–Crippen LogP) is 4.05. The molecule has 0 aliphatic carbocycles. The van der Waals surface area contributed by atoms with Gasteiger partial charge in [0.15, 0.2) is 0 Å². The van der Waals surface area contributed by atoms with Gasteiger partial charge in [0.05, 0.1) is 22.8 Å². The van der Waals surface area contributed by atoms with Crippen LogP contribution in [0.4, 0.5) is 23.7 Å². The molecule has 2 amide bonds. The van der Waals surface area contributed by atoms with Crippen molar-refractivity contribution in [1.29, 1.82) is 0 Å². The van der Waals surface area contributed by atoms with Crippen LogP contribution in [-0.2, 0) is 17.3 Å². The monoisotopic (exact) mass is 499 g/mol. The maximum Gasteiger partial charge on any atom is 0.324 e. The normalized spacial score (nSPS) is 14.6. The summed E-state index contributed by atoms with van der Waals surface area (Å²) in [6.45, 7) is 0.673. The van der Waals surface area contributed by atoms with Crippen molar-refractivity contribution < 1.29 is 26.6 Å². The molecule has 0 N–H and O–H groups in total. The molecule has 4 rings (SSSR count). The summed E-state index contributed by atoms with van der Waals surface area (Å²) in [5.41, 5.74) is 1.16. The fraction of sp³-hybridized carbons (Fsp3) is 0.300. The molecule has 1 aliphatic heterocycles. The summed E-state index contributed by atoms with van der Waals surface area (Å²) in [4.78, 5) is 20.5. The average Bonchev–Trinajstić information content (AvgIpc) is 3.31. The number of rotatable bonds is 5. The molecule has 8 nitrogen and oxygen atoms in total. The van der Waals surface area contributed by atoms with E-state index >= 15 is 0 Å². The summed E-state index contributed by atoms with van der Waals surface area (Å²) in [7, 11) is -0.964. The van der Waals surface area contributed by atoms with Gasteiger partial charge in [0, 0.05) is 47.3 Å². The SMILES string of the molecule is O=C(N1CCS(=O)CC1)N(Cc1ccc(-c2nnc(C(F)F)o2)cn1)c1ccc(F)c(Cl)c1. The molecular weight excluding hydrogens is 483 g/mol. The van der Waals surface area contributed by atoms with E-state index in [4.69, 9.17) is 16.0 Å². The van der Waals surface area contributed by atoms with Crippen LogP contribution in [0, 0.1) is 5.82 Å². The van der Waals surface area contributed by atoms with Gasteiger partial charge in [-0.1, -0.05) is 11.6 Å². The number of urea groups is 1. The van der Waals surface area contributed by atoms with E-state index in [1.807, 2.05) is 0 Å². The predicted molar refractivity (Wildman–Crippen MR) is 115 cm³/mol. The lowest BCUT2D eigenvalue weighted by molar-refractivity contribution is 0.116. The van der Waals surface area contributed by atoms with Gasteiger partial charge in [-0.2, -0.15) is 8.78 Å². The summed E-state index contributed by atoms with van der Waals surface area (Å²) in [6, 6.07) is 6.71. The lowest BCUT2D eigenvalue weighted by Gasteiger charge is -2.32. The number of carbonyl (C=O) groups is 1. The van der Waals surface area contributed by atoms with Crippen molar-refractivity contribution in [3.05, 3.63) is 59.0 Å². The summed E-state index contributed by atoms with van der Waals surface area (Å²) in [5.74, 6) is -0.764. The van der Waals surface area contributed by atoms with Gasteiger partial charge in [-0.25, -0.2) is 9.18 Å². The van der Waals surface area contributed by atoms with Crippen LogP contribution in [0.3, 0.4) is 0 Å². The highest BCUT2D eigenvalue weighted by molar-refractivity contribution is 7.85. The maximum absolute atomic E-state index is 13.7. The van der Waals surface area contributed by atoms with Gasteiger partial charge in [-0.3, -0.25) is 14.1 Å². The minimum atomic E-state index is -2.88. The number of pyridine rings is 1. The fourth-order valence-corrected chi connectivity index (χ4v) is 4.40. The van der Waals surface area contributed by atoms with Crippen LogP contribution in [-0.4, -0.2) is 54.9 Å². The first-order valence-electron chi connectivity index (χ1n) is 9.75. The molecule has 3 aromatic rings. The Bertz CT molecular complexity index is 1170. The number of amides is 2. The Morgan fingerprint density at radius 3 is 2.58 bits per heavy atom. The summed E-state index contributed by atoms with van der Waals surface area (Å²) >= 11 is 5.92. The molecule has 33 heavy (non-hydrogen) atoms. The van der Waals surface area contributed by atoms with E-state index in [0.717, 1.165) is 6.07 Å². The van der Waals surface area contributed by atoms with Gasteiger partial charge in [-0.15, -0.1) is 10.2 Å². The van der Waals surface area contributed by atoms with E-state index in [0.29, 0.717) is 41.5 Å². The van der Waals surface area contributed by atoms with Gasteiger partial charge in [0.25, 0.3) is 5.89 Å². The molecule has 1 aliphatic rings. The second-order valence-corrected chi connectivity index (χ2v) is 9.19. The fourth-order valence-electron chi connectivity index (χ4n) is 3.17. The minimum absolute atomic E-state index is 0.0206. The molecule has 0 saturated carbocycles. The molecule has 0 atom stereocenters. The summed E-state index contributed by atoms with van der Waals surface area (Å²) in [5, 5.41) is 6.72. The molecule has 0 bridgehead atoms. The Hall–Kier alpha value is -2.99. The number of nitrogens with zero attached hydrogens (tertiary/aromatic N) is 5. The highest BCUT2D eigenvalue weighted by atomic mass is 35.5. The van der Waals surface area contributed by atoms with Gasteiger partial charge < -0.3 is 9.32 Å². The van der Waals surface area contributed by atoms with E-state index in [9.17, 15) is 22.2 Å². The topological polar surface area (TPSA) is 92.4 Å². The average molecular weight is 500 g/mol. The molecule has 0 radical (unpaired) electrons. The molecular formula is C20H17ClF3N5O3S. The minimum Gasteiger partial charge on any atom is -0.415 e. The highest BCUT2D eigenvalue weighted by Crippen LogP contribution is 2.26. The lowest BCUT2D eigenvalue weighted by atomic mass is 10.2. The lowest BCUT2D eigenvalue weighted by Crippen LogP contribution is -2.48. The number of halogens is 4. The van der Waals surface area contributed by atoms with Crippen molar-refractivity contribution in [3.8, 4) is 11.5 Å². The molecule has 1 saturated heterocycles. The molecule has 13 heteroatoms. The second-order valence-electron chi connectivity index (χ2n) is 7.09. The standard InChI is InChI=1S/C20H17ClF3N5O3S/c21-15-9-14(3-4-16(15)22)29(20(30)28-5-7-33(31)8-6-28)11-13-2-1-12(10-25-13)18-26-27-19(32-18)17(23)24/h1-4,9-10,17H,5-8,11H2. The van der Waals surface area contributed by atoms with Gasteiger partial charge in [0.1, 0.15) is 5.82 Å². The first-order chi connectivity index (χ1) is 15.8. The molecule has 0 unspecified atom stereocenters. The number of carbonyl (C=O) groups excluding carboxylic acids is 1. The van der Waals surface area contributed by atoms with E-state index in [1.165, 1.54) is 23.2 Å². The first-order valence-corrected chi connectivity index (χ1v) is 11.6. The Morgan fingerprint density at radius 1 is 1.21 bits per heavy atom. The van der Waals surface area contributed by atoms with Crippen LogP contribution in [0.25, 0.3) is 11.5 Å². The van der Waals surface area contributed by atoms with Crippen LogP contribution in [0.15, 0.2) is 40.9 Å². The largest absolute Gasteiger partial charge is 0.415 e. The van der Waals surface area contributed by atoms with Crippen LogP contribution < -0.4 is 4.90 Å². The summed E-state index contributed by atoms with van der Waals surface area (Å²) < 4.78 is 55.6. The van der Waals surface area contributed by atoms with Crippen LogP contribution >= 0.6 is 11.6 Å². The van der Waals surface area contributed by atoms with Gasteiger partial charge >= 0.3 is 12.5 Å². The number of aromatic nitrogens is 3. The van der Waals surface area contributed by atoms with E-state index in [2.05, 4.69) is 15.2 Å². The zero-order valence-electron chi connectivity index (χ0n) is 17.0. The number of anilines is 1. The van der Waals surface area contributed by atoms with Crippen molar-refractivity contribution in [2.24, 2.45) is 0 Å². The maximum atomic E-state index is 13.7. The molecule has 2 aromatic heterocycles. The number of alkyl halides is 2. The van der Waals surface area contributed by atoms with Crippen LogP contribution in [0.2, 0.25) is 5.02 Å². The third-order valence-electron chi connectivity index (χ3n) is 4.91. The quantitative estimate of drug-likeness (QED) is 0.526. The Kier molecular flexibility index (Phi) is 6.94.